The van der Waals surface area contributed by atoms with Crippen molar-refractivity contribution in [3.05, 3.63) is 58.9 Å². The van der Waals surface area contributed by atoms with E-state index in [4.69, 9.17) is 21.4 Å². The Kier molecular flexibility index (Phi) is 4.78. The fourth-order valence-electron chi connectivity index (χ4n) is 2.58. The topological polar surface area (TPSA) is 85.9 Å². The van der Waals surface area contributed by atoms with Crippen molar-refractivity contribution in [2.45, 2.75) is 5.22 Å². The molecule has 0 bridgehead atoms. The summed E-state index contributed by atoms with van der Waals surface area (Å²) in [6.45, 7) is 0. The summed E-state index contributed by atoms with van der Waals surface area (Å²) in [7, 11) is 1.58. The van der Waals surface area contributed by atoms with Gasteiger partial charge in [0, 0.05) is 5.56 Å². The van der Waals surface area contributed by atoms with Crippen LogP contribution in [0.1, 0.15) is 10.4 Å². The minimum Gasteiger partial charge on any atom is -0.497 e. The molecule has 0 aliphatic heterocycles. The summed E-state index contributed by atoms with van der Waals surface area (Å²) in [5, 5.41) is 8.36. The van der Waals surface area contributed by atoms with E-state index in [2.05, 4.69) is 15.2 Å². The highest BCUT2D eigenvalue weighted by Crippen LogP contribution is 2.23. The number of carbonyl (C=O) groups is 1. The maximum atomic E-state index is 12.3. The number of thioether (sulfide) groups is 1. The van der Waals surface area contributed by atoms with E-state index in [0.29, 0.717) is 21.3 Å². The number of ether oxygens (including phenoxy) is 1. The number of rotatable bonds is 6. The van der Waals surface area contributed by atoms with Gasteiger partial charge in [0.2, 0.25) is 0 Å². The van der Waals surface area contributed by atoms with E-state index >= 15 is 0 Å². The summed E-state index contributed by atoms with van der Waals surface area (Å²) in [5.74, 6) is 0.857. The fourth-order valence-corrected chi connectivity index (χ4v) is 3.52. The number of fused-ring (bicyclic) bond motifs is 1. The number of aromatic amines is 1. The second kappa shape index (κ2) is 7.37. The molecule has 0 saturated carbocycles. The molecule has 2 heterocycles. The van der Waals surface area contributed by atoms with Gasteiger partial charge >= 0.3 is 6.01 Å². The highest BCUT2D eigenvalue weighted by molar-refractivity contribution is 7.99. The second-order valence-corrected chi connectivity index (χ2v) is 6.89. The van der Waals surface area contributed by atoms with E-state index in [-0.39, 0.29) is 17.6 Å². The lowest BCUT2D eigenvalue weighted by Crippen LogP contribution is -2.02. The Morgan fingerprint density at radius 3 is 2.78 bits per heavy atom. The highest BCUT2D eigenvalue weighted by Gasteiger charge is 2.15. The highest BCUT2D eigenvalue weighted by atomic mass is 32.2. The number of nitrogens with zero attached hydrogens (tertiary/aromatic N) is 3. The quantitative estimate of drug-likeness (QED) is 0.298. The van der Waals surface area contributed by atoms with E-state index in [1.807, 2.05) is 24.3 Å². The molecule has 4 rings (SSSR count). The van der Waals surface area contributed by atoms with Crippen LogP contribution in [0, 0.1) is 4.77 Å². The Bertz CT molecular complexity index is 1160. The Morgan fingerprint density at radius 1 is 1.22 bits per heavy atom. The minimum absolute atomic E-state index is 0.0360. The van der Waals surface area contributed by atoms with Crippen molar-refractivity contribution in [1.29, 1.82) is 0 Å². The molecule has 0 aliphatic rings. The second-order valence-electron chi connectivity index (χ2n) is 5.57. The molecule has 0 spiro atoms. The first kappa shape index (κ1) is 17.5. The van der Waals surface area contributed by atoms with Crippen molar-refractivity contribution >= 4 is 40.8 Å². The van der Waals surface area contributed by atoms with Gasteiger partial charge in [-0.05, 0) is 48.6 Å². The molecule has 9 heteroatoms. The lowest BCUT2D eigenvalue weighted by atomic mass is 10.1. The van der Waals surface area contributed by atoms with Crippen molar-refractivity contribution in [3.63, 3.8) is 0 Å². The SMILES string of the molecule is COc1ccc(C(=O)CSc2nnc(-n3c(=S)[nH]c4ccccc43)o2)cc1. The Hall–Kier alpha value is -2.91. The zero-order valence-corrected chi connectivity index (χ0v) is 15.8. The number of H-pyrrole nitrogens is 1. The number of ketones is 1. The molecular formula is C18H14N4O3S2. The zero-order chi connectivity index (χ0) is 18.8. The molecule has 27 heavy (non-hydrogen) atoms. The normalized spacial score (nSPS) is 11.0. The van der Waals surface area contributed by atoms with Crippen LogP contribution >= 0.6 is 24.0 Å². The van der Waals surface area contributed by atoms with Crippen LogP contribution in [0.25, 0.3) is 17.0 Å². The summed E-state index contributed by atoms with van der Waals surface area (Å²) in [6.07, 6.45) is 0. The molecule has 2 aromatic carbocycles. The van der Waals surface area contributed by atoms with E-state index < -0.39 is 0 Å². The molecule has 136 valence electrons. The number of benzene rings is 2. The largest absolute Gasteiger partial charge is 0.497 e. The Balaban J connectivity index is 1.50. The van der Waals surface area contributed by atoms with Crippen LogP contribution in [0.4, 0.5) is 0 Å². The van der Waals surface area contributed by atoms with Gasteiger partial charge in [-0.15, -0.1) is 0 Å². The first-order chi connectivity index (χ1) is 13.2. The van der Waals surface area contributed by atoms with Crippen LogP contribution in [0.15, 0.2) is 58.2 Å². The van der Waals surface area contributed by atoms with Gasteiger partial charge in [-0.1, -0.05) is 34.1 Å². The van der Waals surface area contributed by atoms with Crippen molar-refractivity contribution in [1.82, 2.24) is 19.7 Å². The maximum Gasteiger partial charge on any atom is 0.330 e. The van der Waals surface area contributed by atoms with Gasteiger partial charge in [0.15, 0.2) is 10.6 Å². The molecule has 0 radical (unpaired) electrons. The van der Waals surface area contributed by atoms with E-state index in [0.717, 1.165) is 11.0 Å². The molecule has 0 unspecified atom stereocenters. The number of methoxy groups -OCH3 is 1. The first-order valence-electron chi connectivity index (χ1n) is 7.99. The number of nitrogens with one attached hydrogen (secondary N) is 1. The molecule has 0 atom stereocenters. The number of hydrogen-bond donors (Lipinski definition) is 1. The molecule has 0 aliphatic carbocycles. The van der Waals surface area contributed by atoms with E-state index in [9.17, 15) is 4.79 Å². The third kappa shape index (κ3) is 3.51. The third-order valence-electron chi connectivity index (χ3n) is 3.92. The monoisotopic (exact) mass is 398 g/mol. The van der Waals surface area contributed by atoms with Crippen molar-refractivity contribution in [2.24, 2.45) is 0 Å². The minimum atomic E-state index is -0.0360. The molecule has 1 N–H and O–H groups in total. The fraction of sp³-hybridized carbons (Fsp3) is 0.111. The number of carbonyl (C=O) groups excluding carboxylic acids is 1. The van der Waals surface area contributed by atoms with Gasteiger partial charge < -0.3 is 14.1 Å². The molecule has 0 amide bonds. The standard InChI is InChI=1S/C18H14N4O3S2/c1-24-12-8-6-11(7-9-12)15(23)10-27-18-21-20-16(25-18)22-14-5-3-2-4-13(14)19-17(22)26/h2-9H,10H2,1H3,(H,19,26). The van der Waals surface area contributed by atoms with Gasteiger partial charge in [-0.3, -0.25) is 4.79 Å². The third-order valence-corrected chi connectivity index (χ3v) is 5.02. The van der Waals surface area contributed by atoms with Gasteiger partial charge in [0.05, 0.1) is 23.9 Å². The first-order valence-corrected chi connectivity index (χ1v) is 9.39. The van der Waals surface area contributed by atoms with Crippen LogP contribution in [0.5, 0.6) is 5.75 Å². The van der Waals surface area contributed by atoms with E-state index in [1.54, 1.807) is 35.9 Å². The molecule has 4 aromatic rings. The molecule has 0 fully saturated rings. The molecule has 7 nitrogen and oxygen atoms in total. The van der Waals surface area contributed by atoms with Gasteiger partial charge in [0.1, 0.15) is 5.75 Å². The molecular weight excluding hydrogens is 384 g/mol. The molecule has 0 saturated heterocycles. The lowest BCUT2D eigenvalue weighted by Gasteiger charge is -2.01. The van der Waals surface area contributed by atoms with Crippen molar-refractivity contribution < 1.29 is 13.9 Å². The van der Waals surface area contributed by atoms with Crippen molar-refractivity contribution in [3.8, 4) is 11.8 Å². The van der Waals surface area contributed by atoms with Crippen LogP contribution < -0.4 is 4.74 Å². The zero-order valence-electron chi connectivity index (χ0n) is 14.2. The maximum absolute atomic E-state index is 12.3. The summed E-state index contributed by atoms with van der Waals surface area (Å²) in [4.78, 5) is 15.4. The van der Waals surface area contributed by atoms with Crippen LogP contribution in [-0.2, 0) is 0 Å². The number of Topliss-reactive ketones (excluding diaryl/α,β-unsaturated/α-hetero) is 1. The van der Waals surface area contributed by atoms with Gasteiger partial charge in [-0.25, -0.2) is 4.57 Å². The Morgan fingerprint density at radius 2 is 2.00 bits per heavy atom. The van der Waals surface area contributed by atoms with E-state index in [1.165, 1.54) is 11.8 Å². The summed E-state index contributed by atoms with van der Waals surface area (Å²) >= 11 is 6.53. The number of hydrogen-bond acceptors (Lipinski definition) is 7. The van der Waals surface area contributed by atoms with Crippen molar-refractivity contribution in [2.75, 3.05) is 12.9 Å². The summed E-state index contributed by atoms with van der Waals surface area (Å²) < 4.78 is 12.9. The van der Waals surface area contributed by atoms with Gasteiger partial charge in [0.25, 0.3) is 5.22 Å². The number of imidazole rings is 1. The van der Waals surface area contributed by atoms with Gasteiger partial charge in [-0.2, -0.15) is 0 Å². The predicted octanol–water partition coefficient (Wildman–Crippen LogP) is 4.05. The number of para-hydroxylation sites is 2. The average molecular weight is 398 g/mol. The average Bonchev–Trinajstić information content (AvgIpc) is 3.29. The summed E-state index contributed by atoms with van der Waals surface area (Å²) in [5.41, 5.74) is 2.32. The van der Waals surface area contributed by atoms with Crippen LogP contribution in [0.2, 0.25) is 0 Å². The predicted molar refractivity (Wildman–Crippen MR) is 104 cm³/mol. The number of aromatic nitrogens is 4. The van der Waals surface area contributed by atoms with Crippen LogP contribution in [0.3, 0.4) is 0 Å². The lowest BCUT2D eigenvalue weighted by molar-refractivity contribution is 0.102. The van der Waals surface area contributed by atoms with Crippen LogP contribution in [-0.4, -0.2) is 38.4 Å². The smallest absolute Gasteiger partial charge is 0.330 e. The Labute approximate surface area is 163 Å². The summed E-state index contributed by atoms with van der Waals surface area (Å²) in [6, 6.07) is 14.9. The molecule has 2 aromatic heterocycles.